The molecule has 0 heterocycles. The number of thioether (sulfide) groups is 2. The summed E-state index contributed by atoms with van der Waals surface area (Å²) < 4.78 is 11.9. The van der Waals surface area contributed by atoms with Gasteiger partial charge in [-0.3, -0.25) is 14.4 Å². The molecule has 0 spiro atoms. The second kappa shape index (κ2) is 33.6. The highest BCUT2D eigenvalue weighted by atomic mass is 32.2. The molecule has 0 aliphatic heterocycles. The highest BCUT2D eigenvalue weighted by molar-refractivity contribution is 7.99. The molecule has 0 aromatic rings. The van der Waals surface area contributed by atoms with Gasteiger partial charge in [-0.05, 0) is 87.5 Å². The lowest BCUT2D eigenvalue weighted by Crippen LogP contribution is -2.21. The average Bonchev–Trinajstić information content (AvgIpc) is 3.16. The lowest BCUT2D eigenvalue weighted by atomic mass is 9.86. The number of ether oxygens (including phenoxy) is 2. The Balaban J connectivity index is 1.43. The molecule has 0 N–H and O–H groups in total. The van der Waals surface area contributed by atoms with E-state index in [-0.39, 0.29) is 24.1 Å². The molecule has 2 rings (SSSR count). The van der Waals surface area contributed by atoms with E-state index in [0.29, 0.717) is 18.6 Å². The Kier molecular flexibility index (Phi) is 30.7. The van der Waals surface area contributed by atoms with Gasteiger partial charge in [0.2, 0.25) is 0 Å². The van der Waals surface area contributed by atoms with Crippen molar-refractivity contribution in [1.82, 2.24) is 0 Å². The van der Waals surface area contributed by atoms with Crippen LogP contribution in [0.1, 0.15) is 219 Å². The molecule has 52 heavy (non-hydrogen) atoms. The van der Waals surface area contributed by atoms with E-state index in [2.05, 4.69) is 13.8 Å². The molecule has 0 aromatic carbocycles. The predicted octanol–water partition coefficient (Wildman–Crippen LogP) is 13.6. The van der Waals surface area contributed by atoms with E-state index in [1.165, 1.54) is 116 Å². The summed E-state index contributed by atoms with van der Waals surface area (Å²) in [6, 6.07) is 0. The van der Waals surface area contributed by atoms with E-state index in [4.69, 9.17) is 9.47 Å². The van der Waals surface area contributed by atoms with Crippen molar-refractivity contribution in [2.75, 3.05) is 23.0 Å². The third kappa shape index (κ3) is 27.0. The monoisotopic (exact) mass is 767 g/mol. The Morgan fingerprint density at radius 2 is 0.904 bits per heavy atom. The van der Waals surface area contributed by atoms with Crippen LogP contribution in [0.3, 0.4) is 0 Å². The van der Waals surface area contributed by atoms with Gasteiger partial charge in [0, 0.05) is 37.2 Å². The van der Waals surface area contributed by atoms with Crippen LogP contribution in [0.25, 0.3) is 0 Å². The maximum atomic E-state index is 12.6. The van der Waals surface area contributed by atoms with E-state index < -0.39 is 0 Å². The van der Waals surface area contributed by atoms with Crippen molar-refractivity contribution in [3.05, 3.63) is 0 Å². The number of rotatable bonds is 34. The largest absolute Gasteiger partial charge is 0.461 e. The second-order valence-corrected chi connectivity index (χ2v) is 18.6. The summed E-state index contributed by atoms with van der Waals surface area (Å²) in [7, 11) is 0. The smallest absolute Gasteiger partial charge is 0.306 e. The van der Waals surface area contributed by atoms with Gasteiger partial charge >= 0.3 is 11.9 Å². The van der Waals surface area contributed by atoms with Gasteiger partial charge < -0.3 is 9.47 Å². The number of carbonyl (C=O) groups is 3. The summed E-state index contributed by atoms with van der Waals surface area (Å²) in [6.45, 7) is 4.45. The number of hydrogen-bond donors (Lipinski definition) is 0. The summed E-state index contributed by atoms with van der Waals surface area (Å²) in [4.78, 5) is 37.6. The van der Waals surface area contributed by atoms with Gasteiger partial charge in [-0.2, -0.15) is 23.5 Å². The Morgan fingerprint density at radius 3 is 1.31 bits per heavy atom. The molecule has 0 amide bonds. The molecular formula is C45H82O5S2. The first kappa shape index (κ1) is 47.5. The van der Waals surface area contributed by atoms with E-state index >= 15 is 0 Å². The van der Waals surface area contributed by atoms with Crippen LogP contribution in [0.4, 0.5) is 0 Å². The number of Topliss-reactive ketones (excluding diaryl/α,β-unsaturated/α-hetero) is 1. The van der Waals surface area contributed by atoms with E-state index in [0.717, 1.165) is 112 Å². The van der Waals surface area contributed by atoms with Crippen LogP contribution >= 0.6 is 23.5 Å². The highest BCUT2D eigenvalue weighted by Crippen LogP contribution is 2.29. The molecule has 0 saturated heterocycles. The standard InChI is InChI=1S/C45H82O5S2/c1-3-5-13-29-42(49-44(47)33-31-39-23-15-11-16-24-39)37-51-35-21-9-7-19-27-41(46)28-20-8-10-22-36-52-38-43(30-14-6-4-2)50-45(48)34-32-40-25-17-12-18-26-40/h39-40,42-43H,3-38H2,1-2H3. The summed E-state index contributed by atoms with van der Waals surface area (Å²) in [5.74, 6) is 6.01. The van der Waals surface area contributed by atoms with Gasteiger partial charge in [-0.25, -0.2) is 0 Å². The molecule has 2 atom stereocenters. The minimum absolute atomic E-state index is 0.0217. The minimum atomic E-state index is 0.0217. The first-order valence-electron chi connectivity index (χ1n) is 22.6. The van der Waals surface area contributed by atoms with Crippen LogP contribution in [-0.2, 0) is 23.9 Å². The Bertz CT molecular complexity index is 802. The van der Waals surface area contributed by atoms with Crippen molar-refractivity contribution in [1.29, 1.82) is 0 Å². The summed E-state index contributed by atoms with van der Waals surface area (Å²) in [5, 5.41) is 0. The predicted molar refractivity (Wildman–Crippen MR) is 225 cm³/mol. The van der Waals surface area contributed by atoms with Crippen molar-refractivity contribution >= 4 is 41.2 Å². The lowest BCUT2D eigenvalue weighted by molar-refractivity contribution is -0.149. The van der Waals surface area contributed by atoms with Gasteiger partial charge in [0.25, 0.3) is 0 Å². The SMILES string of the molecule is CCCCCC(CSCCCCCCC(=O)CCCCCCSCC(CCCCC)OC(=O)CCC1CCCCC1)OC(=O)CCC1CCCCC1. The number of carbonyl (C=O) groups excluding carboxylic acids is 3. The molecule has 0 bridgehead atoms. The Hall–Kier alpha value is -0.690. The quantitative estimate of drug-likeness (QED) is 0.0477. The topological polar surface area (TPSA) is 69.7 Å². The zero-order chi connectivity index (χ0) is 37.3. The van der Waals surface area contributed by atoms with Crippen LogP contribution < -0.4 is 0 Å². The fourth-order valence-electron chi connectivity index (χ4n) is 8.00. The normalized spacial score (nSPS) is 16.8. The van der Waals surface area contributed by atoms with Gasteiger partial charge in [-0.1, -0.05) is 129 Å². The molecular weight excluding hydrogens is 685 g/mol. The minimum Gasteiger partial charge on any atom is -0.461 e. The van der Waals surface area contributed by atoms with Crippen molar-refractivity contribution in [3.8, 4) is 0 Å². The first-order valence-corrected chi connectivity index (χ1v) is 24.9. The molecule has 5 nitrogen and oxygen atoms in total. The summed E-state index contributed by atoms with van der Waals surface area (Å²) in [6.07, 6.45) is 36.1. The van der Waals surface area contributed by atoms with Crippen molar-refractivity contribution in [2.45, 2.75) is 232 Å². The number of ketones is 1. The molecule has 0 aromatic heterocycles. The number of hydrogen-bond acceptors (Lipinski definition) is 7. The van der Waals surface area contributed by atoms with E-state index in [1.54, 1.807) is 0 Å². The maximum absolute atomic E-state index is 12.6. The Morgan fingerprint density at radius 1 is 0.500 bits per heavy atom. The lowest BCUT2D eigenvalue weighted by Gasteiger charge is -2.22. The van der Waals surface area contributed by atoms with Gasteiger partial charge in [-0.15, -0.1) is 0 Å². The first-order chi connectivity index (χ1) is 25.5. The van der Waals surface area contributed by atoms with E-state index in [9.17, 15) is 14.4 Å². The highest BCUT2D eigenvalue weighted by Gasteiger charge is 2.20. The van der Waals surface area contributed by atoms with Crippen LogP contribution in [0.15, 0.2) is 0 Å². The van der Waals surface area contributed by atoms with Crippen LogP contribution in [0, 0.1) is 11.8 Å². The molecule has 2 fully saturated rings. The average molecular weight is 767 g/mol. The molecule has 2 aliphatic carbocycles. The third-order valence-corrected chi connectivity index (χ3v) is 13.8. The summed E-state index contributed by atoms with van der Waals surface area (Å²) in [5.41, 5.74) is 0. The van der Waals surface area contributed by atoms with E-state index in [1.807, 2.05) is 23.5 Å². The third-order valence-electron chi connectivity index (χ3n) is 11.4. The summed E-state index contributed by atoms with van der Waals surface area (Å²) >= 11 is 3.88. The molecule has 2 saturated carbocycles. The van der Waals surface area contributed by atoms with Crippen molar-refractivity contribution in [2.24, 2.45) is 11.8 Å². The molecule has 2 aliphatic rings. The maximum Gasteiger partial charge on any atom is 0.306 e. The van der Waals surface area contributed by atoms with Crippen LogP contribution in [0.5, 0.6) is 0 Å². The number of esters is 2. The number of unbranched alkanes of at least 4 members (excludes halogenated alkanes) is 10. The van der Waals surface area contributed by atoms with Crippen LogP contribution in [-0.4, -0.2) is 52.9 Å². The zero-order valence-corrected chi connectivity index (χ0v) is 35.8. The fraction of sp³-hybridized carbons (Fsp3) is 0.933. The second-order valence-electron chi connectivity index (χ2n) is 16.3. The molecule has 0 radical (unpaired) electrons. The fourth-order valence-corrected chi connectivity index (χ4v) is 10.1. The van der Waals surface area contributed by atoms with Crippen molar-refractivity contribution in [3.63, 3.8) is 0 Å². The van der Waals surface area contributed by atoms with Gasteiger partial charge in [0.05, 0.1) is 0 Å². The molecule has 7 heteroatoms. The zero-order valence-electron chi connectivity index (χ0n) is 34.1. The van der Waals surface area contributed by atoms with Crippen molar-refractivity contribution < 1.29 is 23.9 Å². The Labute approximate surface area is 330 Å². The van der Waals surface area contributed by atoms with Crippen LogP contribution in [0.2, 0.25) is 0 Å². The molecule has 2 unspecified atom stereocenters. The van der Waals surface area contributed by atoms with Gasteiger partial charge in [0.1, 0.15) is 18.0 Å². The van der Waals surface area contributed by atoms with Gasteiger partial charge in [0.15, 0.2) is 0 Å². The molecule has 304 valence electrons.